The highest BCUT2D eigenvalue weighted by Gasteiger charge is 2.15. The van der Waals surface area contributed by atoms with Gasteiger partial charge in [0.15, 0.2) is 5.82 Å². The van der Waals surface area contributed by atoms with Crippen LogP contribution in [0.3, 0.4) is 0 Å². The molecule has 132 valence electrons. The third-order valence-electron chi connectivity index (χ3n) is 3.48. The van der Waals surface area contributed by atoms with Gasteiger partial charge < -0.3 is 9.15 Å². The molecule has 0 radical (unpaired) electrons. The number of hydrogen-bond donors (Lipinski definition) is 0. The summed E-state index contributed by atoms with van der Waals surface area (Å²) in [5, 5.41) is 20.5. The van der Waals surface area contributed by atoms with Crippen molar-refractivity contribution in [3.8, 4) is 17.2 Å². The van der Waals surface area contributed by atoms with Crippen LogP contribution in [0.4, 0.5) is 0 Å². The molecule has 2 aromatic heterocycles. The van der Waals surface area contributed by atoms with Gasteiger partial charge in [-0.25, -0.2) is 4.68 Å². The molecule has 0 fully saturated rings. The van der Waals surface area contributed by atoms with E-state index >= 15 is 0 Å². The normalized spacial score (nSPS) is 11.0. The fraction of sp³-hybridized carbons (Fsp3) is 0.438. The second-order valence-electron chi connectivity index (χ2n) is 5.26. The standard InChI is InChI=1S/C16H20N6O2S/c1-3-5-10-22-14(17-20-21-22)11-25-16-19-18-15(24-16)12-8-6-7-9-13(12)23-4-2/h6-9H,3-5,10-11H2,1-2H3. The Balaban J connectivity index is 1.68. The molecule has 0 aliphatic rings. The summed E-state index contributed by atoms with van der Waals surface area (Å²) >= 11 is 1.42. The molecule has 0 unspecified atom stereocenters. The van der Waals surface area contributed by atoms with E-state index in [0.29, 0.717) is 23.5 Å². The van der Waals surface area contributed by atoms with Gasteiger partial charge in [-0.05, 0) is 35.9 Å². The molecule has 0 spiro atoms. The average Bonchev–Trinajstić information content (AvgIpc) is 3.28. The van der Waals surface area contributed by atoms with Crippen LogP contribution in [0.5, 0.6) is 5.75 Å². The minimum absolute atomic E-state index is 0.442. The minimum Gasteiger partial charge on any atom is -0.493 e. The molecule has 0 N–H and O–H groups in total. The van der Waals surface area contributed by atoms with Crippen LogP contribution in [0.25, 0.3) is 11.5 Å². The van der Waals surface area contributed by atoms with Gasteiger partial charge in [0.05, 0.1) is 17.9 Å². The zero-order valence-electron chi connectivity index (χ0n) is 14.3. The van der Waals surface area contributed by atoms with E-state index < -0.39 is 0 Å². The van der Waals surface area contributed by atoms with Gasteiger partial charge in [0, 0.05) is 6.54 Å². The van der Waals surface area contributed by atoms with E-state index in [0.717, 1.165) is 36.5 Å². The number of nitrogens with zero attached hydrogens (tertiary/aromatic N) is 6. The Morgan fingerprint density at radius 1 is 1.16 bits per heavy atom. The van der Waals surface area contributed by atoms with Gasteiger partial charge in [-0.2, -0.15) is 0 Å². The third kappa shape index (κ3) is 4.36. The lowest BCUT2D eigenvalue weighted by Gasteiger charge is -2.06. The summed E-state index contributed by atoms with van der Waals surface area (Å²) in [7, 11) is 0. The Bertz CT molecular complexity index is 803. The Morgan fingerprint density at radius 2 is 2.04 bits per heavy atom. The van der Waals surface area contributed by atoms with Gasteiger partial charge in [-0.3, -0.25) is 0 Å². The molecular weight excluding hydrogens is 340 g/mol. The van der Waals surface area contributed by atoms with E-state index in [2.05, 4.69) is 32.6 Å². The molecule has 0 aliphatic carbocycles. The monoisotopic (exact) mass is 360 g/mol. The highest BCUT2D eigenvalue weighted by atomic mass is 32.2. The summed E-state index contributed by atoms with van der Waals surface area (Å²) in [6.45, 7) is 5.47. The van der Waals surface area contributed by atoms with Crippen molar-refractivity contribution >= 4 is 11.8 Å². The maximum absolute atomic E-state index is 5.76. The highest BCUT2D eigenvalue weighted by molar-refractivity contribution is 7.98. The Labute approximate surface area is 150 Å². The maximum atomic E-state index is 5.76. The van der Waals surface area contributed by atoms with E-state index in [1.807, 2.05) is 35.9 Å². The zero-order chi connectivity index (χ0) is 17.5. The van der Waals surface area contributed by atoms with Crippen molar-refractivity contribution in [3.05, 3.63) is 30.1 Å². The van der Waals surface area contributed by atoms with Crippen LogP contribution in [-0.4, -0.2) is 37.0 Å². The van der Waals surface area contributed by atoms with Crippen LogP contribution < -0.4 is 4.74 Å². The molecule has 3 aromatic rings. The molecule has 0 bridgehead atoms. The van der Waals surface area contributed by atoms with Gasteiger partial charge in [0.1, 0.15) is 5.75 Å². The van der Waals surface area contributed by atoms with Crippen molar-refractivity contribution in [2.24, 2.45) is 0 Å². The van der Waals surface area contributed by atoms with E-state index in [-0.39, 0.29) is 0 Å². The molecular formula is C16H20N6O2S. The van der Waals surface area contributed by atoms with Crippen LogP contribution in [0.15, 0.2) is 33.9 Å². The van der Waals surface area contributed by atoms with Crippen molar-refractivity contribution < 1.29 is 9.15 Å². The SMILES string of the molecule is CCCCn1nnnc1CSc1nnc(-c2ccccc2OCC)o1. The lowest BCUT2D eigenvalue weighted by atomic mass is 10.2. The first-order valence-electron chi connectivity index (χ1n) is 8.25. The predicted molar refractivity (Wildman–Crippen MR) is 93.2 cm³/mol. The van der Waals surface area contributed by atoms with Crippen molar-refractivity contribution in [1.29, 1.82) is 0 Å². The first-order valence-corrected chi connectivity index (χ1v) is 9.24. The molecule has 0 saturated carbocycles. The van der Waals surface area contributed by atoms with E-state index in [1.165, 1.54) is 11.8 Å². The van der Waals surface area contributed by atoms with Gasteiger partial charge >= 0.3 is 0 Å². The highest BCUT2D eigenvalue weighted by Crippen LogP contribution is 2.31. The van der Waals surface area contributed by atoms with Gasteiger partial charge in [0.25, 0.3) is 11.1 Å². The summed E-state index contributed by atoms with van der Waals surface area (Å²) in [5.41, 5.74) is 0.788. The second kappa shape index (κ2) is 8.61. The number of unbranched alkanes of at least 4 members (excludes halogenated alkanes) is 1. The average molecular weight is 360 g/mol. The number of para-hydroxylation sites is 1. The van der Waals surface area contributed by atoms with Crippen LogP contribution in [-0.2, 0) is 12.3 Å². The topological polar surface area (TPSA) is 91.8 Å². The first-order chi connectivity index (χ1) is 12.3. The number of aryl methyl sites for hydroxylation is 1. The van der Waals surface area contributed by atoms with E-state index in [9.17, 15) is 0 Å². The van der Waals surface area contributed by atoms with E-state index in [4.69, 9.17) is 9.15 Å². The van der Waals surface area contributed by atoms with Crippen molar-refractivity contribution in [2.75, 3.05) is 6.61 Å². The number of rotatable bonds is 9. The van der Waals surface area contributed by atoms with Crippen molar-refractivity contribution in [1.82, 2.24) is 30.4 Å². The predicted octanol–water partition coefficient (Wildman–Crippen LogP) is 3.21. The summed E-state index contributed by atoms with van der Waals surface area (Å²) in [6.07, 6.45) is 2.14. The number of ether oxygens (including phenoxy) is 1. The molecule has 2 heterocycles. The summed E-state index contributed by atoms with van der Waals surface area (Å²) in [4.78, 5) is 0. The molecule has 0 atom stereocenters. The molecule has 8 nitrogen and oxygen atoms in total. The smallest absolute Gasteiger partial charge is 0.277 e. The number of aromatic nitrogens is 6. The Kier molecular flexibility index (Phi) is 5.99. The Hall–Kier alpha value is -2.42. The second-order valence-corrected chi connectivity index (χ2v) is 6.19. The largest absolute Gasteiger partial charge is 0.493 e. The van der Waals surface area contributed by atoms with Gasteiger partial charge in [-0.15, -0.1) is 15.3 Å². The van der Waals surface area contributed by atoms with E-state index in [1.54, 1.807) is 0 Å². The molecule has 25 heavy (non-hydrogen) atoms. The number of thioether (sulfide) groups is 1. The molecule has 0 aliphatic heterocycles. The fourth-order valence-corrected chi connectivity index (χ4v) is 2.93. The van der Waals surface area contributed by atoms with Gasteiger partial charge in [-0.1, -0.05) is 37.2 Å². The first kappa shape index (κ1) is 17.4. The van der Waals surface area contributed by atoms with Gasteiger partial charge in [0.2, 0.25) is 0 Å². The van der Waals surface area contributed by atoms with Crippen molar-refractivity contribution in [3.63, 3.8) is 0 Å². The number of tetrazole rings is 1. The maximum Gasteiger partial charge on any atom is 0.277 e. The lowest BCUT2D eigenvalue weighted by molar-refractivity contribution is 0.340. The lowest BCUT2D eigenvalue weighted by Crippen LogP contribution is -2.04. The summed E-state index contributed by atoms with van der Waals surface area (Å²) < 4.78 is 13.2. The van der Waals surface area contributed by atoms with Crippen LogP contribution in [0.1, 0.15) is 32.5 Å². The molecule has 0 amide bonds. The molecule has 9 heteroatoms. The fourth-order valence-electron chi connectivity index (χ4n) is 2.24. The van der Waals surface area contributed by atoms with Crippen LogP contribution in [0.2, 0.25) is 0 Å². The quantitative estimate of drug-likeness (QED) is 0.537. The zero-order valence-corrected chi connectivity index (χ0v) is 15.1. The van der Waals surface area contributed by atoms with Crippen LogP contribution in [0, 0.1) is 0 Å². The Morgan fingerprint density at radius 3 is 2.88 bits per heavy atom. The number of benzene rings is 1. The number of hydrogen-bond acceptors (Lipinski definition) is 8. The minimum atomic E-state index is 0.442. The van der Waals surface area contributed by atoms with Crippen molar-refractivity contribution in [2.45, 2.75) is 44.2 Å². The third-order valence-corrected chi connectivity index (χ3v) is 4.29. The molecule has 3 rings (SSSR count). The van der Waals surface area contributed by atoms with Crippen LogP contribution >= 0.6 is 11.8 Å². The summed E-state index contributed by atoms with van der Waals surface area (Å²) in [6, 6.07) is 7.61. The summed E-state index contributed by atoms with van der Waals surface area (Å²) in [5.74, 6) is 2.55. The molecule has 1 aromatic carbocycles. The molecule has 0 saturated heterocycles.